The van der Waals surface area contributed by atoms with E-state index in [2.05, 4.69) is 0 Å². The van der Waals surface area contributed by atoms with E-state index in [1.165, 1.54) is 0 Å². The number of alkyl halides is 1. The molecule has 0 heterocycles. The fourth-order valence-electron chi connectivity index (χ4n) is 0.0386. The number of hydrogen-bond acceptors (Lipinski definition) is 1. The Hall–Kier alpha value is -0.110. The van der Waals surface area contributed by atoms with Gasteiger partial charge < -0.3 is 0 Å². The zero-order chi connectivity index (χ0) is 4.12. The molecule has 5 heavy (non-hydrogen) atoms. The molecule has 0 unspecified atom stereocenters. The van der Waals surface area contributed by atoms with Crippen molar-refractivity contribution in [3.63, 3.8) is 0 Å². The average Bonchev–Trinajstić information content (AvgIpc) is 1.41. The van der Waals surface area contributed by atoms with Crippen molar-refractivity contribution in [2.45, 2.75) is 0 Å². The molecular formula is C2H5ClNO+. The van der Waals surface area contributed by atoms with E-state index in [9.17, 15) is 4.91 Å². The van der Waals surface area contributed by atoms with Crippen LogP contribution in [-0.2, 0) is 0 Å². The highest BCUT2D eigenvalue weighted by molar-refractivity contribution is 6.17. The molecule has 0 atom stereocenters. The molecule has 0 bridgehead atoms. The van der Waals surface area contributed by atoms with Crippen LogP contribution in [-0.4, -0.2) is 12.4 Å². The number of hydrogen-bond donors (Lipinski definition) is 1. The van der Waals surface area contributed by atoms with E-state index in [0.29, 0.717) is 12.4 Å². The van der Waals surface area contributed by atoms with Gasteiger partial charge in [-0.2, -0.15) is 0 Å². The Balaban J connectivity index is 2.40. The summed E-state index contributed by atoms with van der Waals surface area (Å²) in [5, 5.41) is 1.64. The van der Waals surface area contributed by atoms with Gasteiger partial charge in [0.1, 0.15) is 0 Å². The van der Waals surface area contributed by atoms with Crippen LogP contribution in [0.4, 0.5) is 0 Å². The van der Waals surface area contributed by atoms with Gasteiger partial charge in [0.2, 0.25) is 6.54 Å². The second-order valence-corrected chi connectivity index (χ2v) is 0.961. The van der Waals surface area contributed by atoms with Crippen molar-refractivity contribution in [2.75, 3.05) is 12.4 Å². The minimum absolute atomic E-state index is 0.349. The molecule has 0 aromatic carbocycles. The molecule has 0 spiro atoms. The Morgan fingerprint density at radius 2 is 2.40 bits per heavy atom. The van der Waals surface area contributed by atoms with Crippen molar-refractivity contribution < 1.29 is 5.18 Å². The summed E-state index contributed by atoms with van der Waals surface area (Å²) in [5.41, 5.74) is 0. The first-order valence-corrected chi connectivity index (χ1v) is 1.86. The minimum atomic E-state index is 0.349. The molecule has 0 aromatic heterocycles. The fraction of sp³-hybridized carbons (Fsp3) is 1.00. The Labute approximate surface area is 35.1 Å². The smallest absolute Gasteiger partial charge is 0.120 e. The Kier molecular flexibility index (Phi) is 3.80. The van der Waals surface area contributed by atoms with Crippen LogP contribution in [0.5, 0.6) is 0 Å². The van der Waals surface area contributed by atoms with E-state index >= 15 is 0 Å². The molecule has 0 aliphatic carbocycles. The highest BCUT2D eigenvalue weighted by atomic mass is 35.5. The second kappa shape index (κ2) is 3.89. The Morgan fingerprint density at radius 3 is 2.40 bits per heavy atom. The summed E-state index contributed by atoms with van der Waals surface area (Å²) in [5.74, 6) is 0.392. The SMILES string of the molecule is O=[NH+]CCCl. The summed E-state index contributed by atoms with van der Waals surface area (Å²) >= 11 is 5.04. The maximum Gasteiger partial charge on any atom is 0.202 e. The van der Waals surface area contributed by atoms with Gasteiger partial charge in [0.05, 0.1) is 5.88 Å². The van der Waals surface area contributed by atoms with Gasteiger partial charge in [-0.3, -0.25) is 0 Å². The van der Waals surface area contributed by atoms with Gasteiger partial charge in [-0.1, -0.05) is 0 Å². The van der Waals surface area contributed by atoms with E-state index in [1.807, 2.05) is 0 Å². The van der Waals surface area contributed by atoms with Crippen LogP contribution in [0.3, 0.4) is 0 Å². The predicted molar refractivity (Wildman–Crippen MR) is 19.9 cm³/mol. The number of rotatable bonds is 2. The predicted octanol–water partition coefficient (Wildman–Crippen LogP) is -0.928. The molecule has 3 heteroatoms. The zero-order valence-corrected chi connectivity index (χ0v) is 3.46. The zero-order valence-electron chi connectivity index (χ0n) is 2.70. The summed E-state index contributed by atoms with van der Waals surface area (Å²) in [7, 11) is 0. The topological polar surface area (TPSA) is 31.0 Å². The highest BCUT2D eigenvalue weighted by Crippen LogP contribution is 1.59. The lowest BCUT2D eigenvalue weighted by Gasteiger charge is -1.59. The fourth-order valence-corrected chi connectivity index (χ4v) is 0.116. The minimum Gasteiger partial charge on any atom is -0.120 e. The number of halogens is 1. The lowest BCUT2D eigenvalue weighted by atomic mass is 10.8. The van der Waals surface area contributed by atoms with Crippen molar-refractivity contribution in [3.05, 3.63) is 4.91 Å². The standard InChI is InChI=1S/C2H4ClNO/c3-1-2-4-5/h1-2H2/p+1. The third-order valence-electron chi connectivity index (χ3n) is 0.197. The maximum absolute atomic E-state index is 9.20. The number of nitrogens with one attached hydrogen (secondary N) is 1. The van der Waals surface area contributed by atoms with Gasteiger partial charge in [0.15, 0.2) is 0 Å². The monoisotopic (exact) mass is 94.0 g/mol. The summed E-state index contributed by atoms with van der Waals surface area (Å²) in [4.78, 5) is 9.20. The van der Waals surface area contributed by atoms with Crippen LogP contribution < -0.4 is 5.18 Å². The lowest BCUT2D eigenvalue weighted by molar-refractivity contribution is -0.474. The van der Waals surface area contributed by atoms with Crippen LogP contribution in [0, 0.1) is 4.91 Å². The first kappa shape index (κ1) is 4.89. The average molecular weight is 94.5 g/mol. The summed E-state index contributed by atoms with van der Waals surface area (Å²) in [6.07, 6.45) is 0. The maximum atomic E-state index is 9.20. The van der Waals surface area contributed by atoms with Gasteiger partial charge >= 0.3 is 0 Å². The molecule has 1 N–H and O–H groups in total. The number of nitroso groups, excluding NO2 is 1. The molecule has 0 fully saturated rings. The van der Waals surface area contributed by atoms with Crippen molar-refractivity contribution in [3.8, 4) is 0 Å². The van der Waals surface area contributed by atoms with Gasteiger partial charge in [-0.15, -0.1) is 11.6 Å². The Morgan fingerprint density at radius 1 is 1.80 bits per heavy atom. The third-order valence-corrected chi connectivity index (χ3v) is 0.386. The van der Waals surface area contributed by atoms with Gasteiger partial charge in [0, 0.05) is 4.91 Å². The van der Waals surface area contributed by atoms with Crippen molar-refractivity contribution in [1.82, 2.24) is 0 Å². The molecule has 0 saturated carbocycles. The largest absolute Gasteiger partial charge is 0.202 e. The van der Waals surface area contributed by atoms with Crippen LogP contribution in [0.2, 0.25) is 0 Å². The van der Waals surface area contributed by atoms with E-state index in [4.69, 9.17) is 11.6 Å². The molecule has 2 nitrogen and oxygen atoms in total. The van der Waals surface area contributed by atoms with Crippen LogP contribution in [0.1, 0.15) is 0 Å². The molecule has 0 aromatic rings. The first-order valence-electron chi connectivity index (χ1n) is 1.32. The quantitative estimate of drug-likeness (QED) is 0.441. The van der Waals surface area contributed by atoms with Crippen LogP contribution >= 0.6 is 11.6 Å². The lowest BCUT2D eigenvalue weighted by Crippen LogP contribution is -2.64. The molecule has 30 valence electrons. The molecule has 0 saturated heterocycles. The molecular weight excluding hydrogens is 89.5 g/mol. The van der Waals surface area contributed by atoms with Gasteiger partial charge in [0.25, 0.3) is 0 Å². The molecule has 0 aliphatic heterocycles. The summed E-state index contributed by atoms with van der Waals surface area (Å²) in [6, 6.07) is 0. The van der Waals surface area contributed by atoms with Crippen molar-refractivity contribution in [2.24, 2.45) is 0 Å². The second-order valence-electron chi connectivity index (χ2n) is 0.583. The molecule has 0 radical (unpaired) electrons. The van der Waals surface area contributed by atoms with E-state index in [1.54, 1.807) is 5.18 Å². The Bertz CT molecular complexity index is 30.8. The van der Waals surface area contributed by atoms with E-state index < -0.39 is 0 Å². The van der Waals surface area contributed by atoms with Crippen LogP contribution in [0.15, 0.2) is 0 Å². The summed E-state index contributed by atoms with van der Waals surface area (Å²) in [6.45, 7) is 0.349. The normalized spacial score (nSPS) is 7.40. The highest BCUT2D eigenvalue weighted by Gasteiger charge is 1.76. The van der Waals surface area contributed by atoms with Gasteiger partial charge in [-0.05, 0) is 5.18 Å². The van der Waals surface area contributed by atoms with E-state index in [0.717, 1.165) is 0 Å². The molecule has 0 rings (SSSR count). The van der Waals surface area contributed by atoms with Crippen molar-refractivity contribution >= 4 is 11.6 Å². The van der Waals surface area contributed by atoms with Gasteiger partial charge in [-0.25, -0.2) is 0 Å². The van der Waals surface area contributed by atoms with E-state index in [-0.39, 0.29) is 0 Å². The first-order chi connectivity index (χ1) is 2.41. The summed E-state index contributed by atoms with van der Waals surface area (Å²) < 4.78 is 0. The van der Waals surface area contributed by atoms with Crippen LogP contribution in [0.25, 0.3) is 0 Å². The third kappa shape index (κ3) is 3.89. The van der Waals surface area contributed by atoms with Crippen molar-refractivity contribution in [1.29, 1.82) is 0 Å². The molecule has 0 aliphatic rings. The molecule has 0 amide bonds.